The molecule has 0 radical (unpaired) electrons. The molecule has 1 aromatic rings. The molecule has 5 nitrogen and oxygen atoms in total. The summed E-state index contributed by atoms with van der Waals surface area (Å²) in [4.78, 5) is 31.1. The van der Waals surface area contributed by atoms with Crippen LogP contribution < -0.4 is 5.32 Å². The van der Waals surface area contributed by atoms with Gasteiger partial charge >= 0.3 is 0 Å². The first kappa shape index (κ1) is 20.7. The van der Waals surface area contributed by atoms with Crippen LogP contribution in [0.4, 0.5) is 5.69 Å². The lowest BCUT2D eigenvalue weighted by molar-refractivity contribution is -0.139. The Morgan fingerprint density at radius 1 is 1.19 bits per heavy atom. The Labute approximate surface area is 185 Å². The highest BCUT2D eigenvalue weighted by atomic mass is 16.2. The van der Waals surface area contributed by atoms with Gasteiger partial charge in [0.05, 0.1) is 11.9 Å². The van der Waals surface area contributed by atoms with Gasteiger partial charge in [0.25, 0.3) is 0 Å². The third kappa shape index (κ3) is 3.23. The zero-order valence-electron chi connectivity index (χ0n) is 19.0. The van der Waals surface area contributed by atoms with E-state index in [4.69, 9.17) is 0 Å². The van der Waals surface area contributed by atoms with Crippen LogP contribution in [0.1, 0.15) is 58.8 Å². The molecule has 3 aliphatic carbocycles. The van der Waals surface area contributed by atoms with E-state index in [-0.39, 0.29) is 22.6 Å². The van der Waals surface area contributed by atoms with Crippen molar-refractivity contribution < 1.29 is 9.59 Å². The van der Waals surface area contributed by atoms with Crippen molar-refractivity contribution in [2.75, 3.05) is 12.4 Å². The zero-order valence-corrected chi connectivity index (χ0v) is 19.0. The number of carbonyl (C=O) groups is 2. The average Bonchev–Trinajstić information content (AvgIpc) is 3.08. The highest BCUT2D eigenvalue weighted by Crippen LogP contribution is 2.65. The fraction of sp³-hybridized carbons (Fsp3) is 0.654. The minimum atomic E-state index is 0.0860. The Kier molecular flexibility index (Phi) is 4.98. The smallest absolute Gasteiger partial charge is 0.246 e. The van der Waals surface area contributed by atoms with Crippen molar-refractivity contribution in [3.8, 4) is 0 Å². The number of likely N-dealkylation sites (N-methyl/N-ethyl adjacent to an activating group) is 1. The van der Waals surface area contributed by atoms with Crippen LogP contribution in [0.25, 0.3) is 0 Å². The third-order valence-electron chi connectivity index (χ3n) is 9.70. The van der Waals surface area contributed by atoms with Crippen LogP contribution in [0.3, 0.4) is 0 Å². The lowest BCUT2D eigenvalue weighted by Gasteiger charge is -2.60. The number of fused-ring (bicyclic) bond motifs is 5. The molecule has 3 saturated carbocycles. The summed E-state index contributed by atoms with van der Waals surface area (Å²) in [6.45, 7) is 4.86. The lowest BCUT2D eigenvalue weighted by atomic mass is 9.47. The molecule has 7 atom stereocenters. The SMILES string of the molecule is CN1C(=O)C=C[C@]2(C)C3CC[C@@]4(C)C(CC[C@@H]4CC(=O)Nc4cccnc4)C3CCC12. The molecule has 0 saturated heterocycles. The Morgan fingerprint density at radius 3 is 2.81 bits per heavy atom. The van der Waals surface area contributed by atoms with Crippen molar-refractivity contribution in [1.29, 1.82) is 0 Å². The van der Waals surface area contributed by atoms with Crippen molar-refractivity contribution in [1.82, 2.24) is 9.88 Å². The Morgan fingerprint density at radius 2 is 2.03 bits per heavy atom. The summed E-state index contributed by atoms with van der Waals surface area (Å²) in [6.07, 6.45) is 15.2. The fourth-order valence-corrected chi connectivity index (χ4v) is 8.05. The Hall–Kier alpha value is -2.17. The van der Waals surface area contributed by atoms with E-state index in [0.717, 1.165) is 18.5 Å². The van der Waals surface area contributed by atoms with Crippen molar-refractivity contribution in [2.24, 2.45) is 34.5 Å². The summed E-state index contributed by atoms with van der Waals surface area (Å²) in [5.41, 5.74) is 1.12. The van der Waals surface area contributed by atoms with Gasteiger partial charge in [-0.25, -0.2) is 0 Å². The van der Waals surface area contributed by atoms with Gasteiger partial charge in [-0.15, -0.1) is 0 Å². The minimum Gasteiger partial charge on any atom is -0.338 e. The van der Waals surface area contributed by atoms with E-state index in [1.807, 2.05) is 30.2 Å². The number of carbonyl (C=O) groups excluding carboxylic acids is 2. The molecule has 1 aliphatic heterocycles. The van der Waals surface area contributed by atoms with Gasteiger partial charge in [0.15, 0.2) is 0 Å². The van der Waals surface area contributed by atoms with Gasteiger partial charge in [-0.2, -0.15) is 0 Å². The fourth-order valence-electron chi connectivity index (χ4n) is 8.05. The molecule has 0 bridgehead atoms. The van der Waals surface area contributed by atoms with E-state index >= 15 is 0 Å². The molecule has 1 N–H and O–H groups in total. The van der Waals surface area contributed by atoms with Gasteiger partial charge in [-0.05, 0) is 85.8 Å². The first-order valence-corrected chi connectivity index (χ1v) is 12.0. The van der Waals surface area contributed by atoms with Crippen molar-refractivity contribution in [3.63, 3.8) is 0 Å². The van der Waals surface area contributed by atoms with Gasteiger partial charge in [-0.3, -0.25) is 14.6 Å². The van der Waals surface area contributed by atoms with E-state index in [0.29, 0.717) is 36.1 Å². The maximum absolute atomic E-state index is 12.8. The highest BCUT2D eigenvalue weighted by Gasteiger charge is 2.60. The normalized spacial score (nSPS) is 41.3. The van der Waals surface area contributed by atoms with E-state index in [9.17, 15) is 9.59 Å². The summed E-state index contributed by atoms with van der Waals surface area (Å²) in [5, 5.41) is 3.04. The molecule has 3 fully saturated rings. The number of amides is 2. The quantitative estimate of drug-likeness (QED) is 0.772. The zero-order chi connectivity index (χ0) is 21.8. The number of pyridine rings is 1. The summed E-state index contributed by atoms with van der Waals surface area (Å²) in [7, 11) is 1.98. The summed E-state index contributed by atoms with van der Waals surface area (Å²) in [6, 6.07) is 4.08. The molecule has 1 aromatic heterocycles. The monoisotopic (exact) mass is 421 g/mol. The van der Waals surface area contributed by atoms with Crippen LogP contribution >= 0.6 is 0 Å². The Bertz CT molecular complexity index is 899. The third-order valence-corrected chi connectivity index (χ3v) is 9.70. The molecule has 31 heavy (non-hydrogen) atoms. The van der Waals surface area contributed by atoms with Crippen LogP contribution in [-0.2, 0) is 9.59 Å². The van der Waals surface area contributed by atoms with Gasteiger partial charge in [0, 0.05) is 31.1 Å². The van der Waals surface area contributed by atoms with Crippen LogP contribution in [0.5, 0.6) is 0 Å². The largest absolute Gasteiger partial charge is 0.338 e. The molecule has 4 unspecified atom stereocenters. The second kappa shape index (κ2) is 7.46. The van der Waals surface area contributed by atoms with Crippen LogP contribution in [-0.4, -0.2) is 34.8 Å². The predicted octanol–water partition coefficient (Wildman–Crippen LogP) is 4.67. The molecule has 5 rings (SSSR count). The topological polar surface area (TPSA) is 62.3 Å². The van der Waals surface area contributed by atoms with Crippen LogP contribution in [0, 0.1) is 34.5 Å². The molecular weight excluding hydrogens is 386 g/mol. The number of nitrogens with one attached hydrogen (secondary N) is 1. The molecular formula is C26H35N3O2. The minimum absolute atomic E-state index is 0.0860. The maximum atomic E-state index is 12.8. The van der Waals surface area contributed by atoms with E-state index in [1.165, 1.54) is 25.7 Å². The molecule has 166 valence electrons. The molecule has 5 heteroatoms. The van der Waals surface area contributed by atoms with Gasteiger partial charge in [-0.1, -0.05) is 19.9 Å². The van der Waals surface area contributed by atoms with Crippen molar-refractivity contribution in [2.45, 2.75) is 64.8 Å². The summed E-state index contributed by atoms with van der Waals surface area (Å²) >= 11 is 0. The second-order valence-corrected chi connectivity index (χ2v) is 10.9. The average molecular weight is 422 g/mol. The van der Waals surface area contributed by atoms with Gasteiger partial charge < -0.3 is 10.2 Å². The molecule has 0 aromatic carbocycles. The first-order valence-electron chi connectivity index (χ1n) is 12.0. The number of hydrogen-bond donors (Lipinski definition) is 1. The Balaban J connectivity index is 1.32. The summed E-state index contributed by atoms with van der Waals surface area (Å²) < 4.78 is 0. The maximum Gasteiger partial charge on any atom is 0.246 e. The highest BCUT2D eigenvalue weighted by molar-refractivity contribution is 5.90. The van der Waals surface area contributed by atoms with Crippen LogP contribution in [0.15, 0.2) is 36.7 Å². The second-order valence-electron chi connectivity index (χ2n) is 10.9. The van der Waals surface area contributed by atoms with Gasteiger partial charge in [0.1, 0.15) is 0 Å². The molecule has 2 amide bonds. The molecule has 4 aliphatic rings. The van der Waals surface area contributed by atoms with E-state index in [1.54, 1.807) is 12.4 Å². The van der Waals surface area contributed by atoms with Crippen molar-refractivity contribution >= 4 is 17.5 Å². The van der Waals surface area contributed by atoms with E-state index in [2.05, 4.69) is 30.2 Å². The summed E-state index contributed by atoms with van der Waals surface area (Å²) in [5.74, 6) is 2.76. The predicted molar refractivity (Wildman–Crippen MR) is 121 cm³/mol. The van der Waals surface area contributed by atoms with E-state index < -0.39 is 0 Å². The number of anilines is 1. The van der Waals surface area contributed by atoms with Gasteiger partial charge in [0.2, 0.25) is 11.8 Å². The lowest BCUT2D eigenvalue weighted by Crippen LogP contribution is -2.59. The number of aromatic nitrogens is 1. The number of nitrogens with zero attached hydrogens (tertiary/aromatic N) is 2. The standard InChI is InChI=1S/C26H35N3O2/c1-25-12-10-21-19(7-9-22-26(21,2)13-11-24(31)29(22)3)20(25)8-6-17(25)15-23(30)28-18-5-4-14-27-16-18/h4-5,11,13-14,16-17,19-22H,6-10,12,15H2,1-3H3,(H,28,30)/t17-,19?,20?,21?,22?,25-,26-/m1/s1. The number of hydrogen-bond acceptors (Lipinski definition) is 3. The van der Waals surface area contributed by atoms with Crippen molar-refractivity contribution in [3.05, 3.63) is 36.7 Å². The van der Waals surface area contributed by atoms with Crippen LogP contribution in [0.2, 0.25) is 0 Å². The number of rotatable bonds is 3. The molecule has 2 heterocycles. The first-order chi connectivity index (χ1) is 14.8. The molecule has 0 spiro atoms.